The minimum atomic E-state index is -0.517. The van der Waals surface area contributed by atoms with E-state index >= 15 is 0 Å². The molecule has 1 aliphatic rings. The van der Waals surface area contributed by atoms with Gasteiger partial charge in [-0.2, -0.15) is 0 Å². The molecular weight excluding hydrogens is 164 g/mol. The van der Waals surface area contributed by atoms with Crippen LogP contribution in [0.15, 0.2) is 42.5 Å². The van der Waals surface area contributed by atoms with Crippen LogP contribution in [0.4, 0.5) is 0 Å². The van der Waals surface area contributed by atoms with Crippen molar-refractivity contribution in [1.82, 2.24) is 0 Å². The van der Waals surface area contributed by atoms with Crippen LogP contribution in [0.5, 0.6) is 0 Å². The fourth-order valence-electron chi connectivity index (χ4n) is 1.49. The smallest absolute Gasteiger partial charge is 0.112 e. The Balaban J connectivity index is 2.22. The molecule has 0 aromatic heterocycles. The molecule has 0 radical (unpaired) electrons. The third kappa shape index (κ3) is 1.79. The van der Waals surface area contributed by atoms with Gasteiger partial charge in [0.1, 0.15) is 12.2 Å². The number of rotatable bonds is 1. The fraction of sp³-hybridized carbons (Fsp3) is 0.273. The summed E-state index contributed by atoms with van der Waals surface area (Å²) in [6, 6.07) is 9.78. The zero-order valence-electron chi connectivity index (χ0n) is 7.26. The summed E-state index contributed by atoms with van der Waals surface area (Å²) in [5.41, 5.74) is 1.03. The van der Waals surface area contributed by atoms with Gasteiger partial charge in [-0.15, -0.1) is 0 Å². The maximum Gasteiger partial charge on any atom is 0.112 e. The standard InChI is InChI=1S/C11H12O2/c12-10-7-4-8-13-11(10)9-5-2-1-3-6-9/h1-7,10-12H,8H2/t10-,11-/m0/s1. The van der Waals surface area contributed by atoms with Gasteiger partial charge in [-0.25, -0.2) is 0 Å². The van der Waals surface area contributed by atoms with Crippen molar-refractivity contribution in [3.8, 4) is 0 Å². The third-order valence-corrected chi connectivity index (χ3v) is 2.14. The first-order valence-electron chi connectivity index (χ1n) is 4.39. The van der Waals surface area contributed by atoms with Crippen LogP contribution in [0.3, 0.4) is 0 Å². The average molecular weight is 176 g/mol. The van der Waals surface area contributed by atoms with Gasteiger partial charge in [0.15, 0.2) is 0 Å². The highest BCUT2D eigenvalue weighted by molar-refractivity contribution is 5.21. The Bertz CT molecular complexity index is 292. The van der Waals surface area contributed by atoms with Gasteiger partial charge in [0.2, 0.25) is 0 Å². The third-order valence-electron chi connectivity index (χ3n) is 2.14. The Labute approximate surface area is 77.5 Å². The maximum atomic E-state index is 9.61. The highest BCUT2D eigenvalue weighted by Gasteiger charge is 2.21. The monoisotopic (exact) mass is 176 g/mol. The lowest BCUT2D eigenvalue weighted by atomic mass is 10.0. The van der Waals surface area contributed by atoms with Crippen LogP contribution in [-0.4, -0.2) is 17.8 Å². The normalized spacial score (nSPS) is 27.5. The van der Waals surface area contributed by atoms with Crippen LogP contribution in [0, 0.1) is 0 Å². The molecule has 0 aliphatic carbocycles. The lowest BCUT2D eigenvalue weighted by Crippen LogP contribution is -2.22. The van der Waals surface area contributed by atoms with Gasteiger partial charge in [-0.05, 0) is 5.56 Å². The average Bonchev–Trinajstić information content (AvgIpc) is 2.20. The van der Waals surface area contributed by atoms with Gasteiger partial charge in [-0.1, -0.05) is 42.5 Å². The van der Waals surface area contributed by atoms with Crippen LogP contribution >= 0.6 is 0 Å². The molecule has 1 N–H and O–H groups in total. The van der Waals surface area contributed by atoms with E-state index in [-0.39, 0.29) is 6.10 Å². The molecule has 1 aliphatic heterocycles. The second kappa shape index (κ2) is 3.73. The molecule has 2 atom stereocenters. The van der Waals surface area contributed by atoms with E-state index in [0.717, 1.165) is 5.56 Å². The van der Waals surface area contributed by atoms with Gasteiger partial charge in [0.05, 0.1) is 6.61 Å². The minimum absolute atomic E-state index is 0.203. The summed E-state index contributed by atoms with van der Waals surface area (Å²) in [5, 5.41) is 9.61. The lowest BCUT2D eigenvalue weighted by Gasteiger charge is -2.24. The number of hydrogen-bond acceptors (Lipinski definition) is 2. The number of aliphatic hydroxyl groups excluding tert-OH is 1. The van der Waals surface area contributed by atoms with Crippen LogP contribution in [0.2, 0.25) is 0 Å². The van der Waals surface area contributed by atoms with Crippen LogP contribution in [0.1, 0.15) is 11.7 Å². The van der Waals surface area contributed by atoms with Gasteiger partial charge in [0, 0.05) is 0 Å². The highest BCUT2D eigenvalue weighted by Crippen LogP contribution is 2.24. The fourth-order valence-corrected chi connectivity index (χ4v) is 1.49. The van der Waals surface area contributed by atoms with Gasteiger partial charge >= 0.3 is 0 Å². The molecule has 1 heterocycles. The Morgan fingerprint density at radius 1 is 1.23 bits per heavy atom. The molecule has 2 rings (SSSR count). The zero-order valence-corrected chi connectivity index (χ0v) is 7.26. The molecule has 1 aromatic carbocycles. The van der Waals surface area contributed by atoms with Crippen LogP contribution < -0.4 is 0 Å². The van der Waals surface area contributed by atoms with Crippen molar-refractivity contribution in [2.24, 2.45) is 0 Å². The summed E-state index contributed by atoms with van der Waals surface area (Å²) >= 11 is 0. The number of hydrogen-bond donors (Lipinski definition) is 1. The maximum absolute atomic E-state index is 9.61. The van der Waals surface area contributed by atoms with Crippen LogP contribution in [-0.2, 0) is 4.74 Å². The summed E-state index contributed by atoms with van der Waals surface area (Å²) in [5.74, 6) is 0. The molecule has 0 amide bonds. The first kappa shape index (κ1) is 8.48. The van der Waals surface area contributed by atoms with E-state index in [0.29, 0.717) is 6.61 Å². The van der Waals surface area contributed by atoms with E-state index in [1.807, 2.05) is 36.4 Å². The van der Waals surface area contributed by atoms with Crippen molar-refractivity contribution in [3.63, 3.8) is 0 Å². The van der Waals surface area contributed by atoms with Crippen LogP contribution in [0.25, 0.3) is 0 Å². The number of ether oxygens (including phenoxy) is 1. The van der Waals surface area contributed by atoms with Crippen molar-refractivity contribution in [1.29, 1.82) is 0 Å². The van der Waals surface area contributed by atoms with Gasteiger partial charge < -0.3 is 9.84 Å². The van der Waals surface area contributed by atoms with E-state index in [2.05, 4.69) is 0 Å². The summed E-state index contributed by atoms with van der Waals surface area (Å²) in [4.78, 5) is 0. The predicted octanol–water partition coefficient (Wildman–Crippen LogP) is 1.68. The largest absolute Gasteiger partial charge is 0.386 e. The molecule has 2 nitrogen and oxygen atoms in total. The predicted molar refractivity (Wildman–Crippen MR) is 50.3 cm³/mol. The van der Waals surface area contributed by atoms with E-state index < -0.39 is 6.10 Å². The second-order valence-electron chi connectivity index (χ2n) is 3.08. The molecule has 2 heteroatoms. The second-order valence-corrected chi connectivity index (χ2v) is 3.08. The molecule has 0 saturated carbocycles. The molecule has 0 unspecified atom stereocenters. The summed E-state index contributed by atoms with van der Waals surface area (Å²) in [7, 11) is 0. The molecule has 1 aromatic rings. The lowest BCUT2D eigenvalue weighted by molar-refractivity contribution is -0.0170. The van der Waals surface area contributed by atoms with E-state index in [9.17, 15) is 5.11 Å². The number of aliphatic hydroxyl groups is 1. The molecule has 0 bridgehead atoms. The van der Waals surface area contributed by atoms with E-state index in [4.69, 9.17) is 4.74 Å². The Morgan fingerprint density at radius 2 is 2.00 bits per heavy atom. The Hall–Kier alpha value is -1.12. The van der Waals surface area contributed by atoms with Gasteiger partial charge in [0.25, 0.3) is 0 Å². The van der Waals surface area contributed by atoms with Crippen molar-refractivity contribution in [3.05, 3.63) is 48.0 Å². The molecular formula is C11H12O2. The SMILES string of the molecule is O[C@H]1C=CCO[C@H]1c1ccccc1. The zero-order chi connectivity index (χ0) is 9.10. The van der Waals surface area contributed by atoms with Crippen molar-refractivity contribution in [2.45, 2.75) is 12.2 Å². The first-order chi connectivity index (χ1) is 6.38. The van der Waals surface area contributed by atoms with Crippen molar-refractivity contribution in [2.75, 3.05) is 6.61 Å². The highest BCUT2D eigenvalue weighted by atomic mass is 16.5. The summed E-state index contributed by atoms with van der Waals surface area (Å²) in [6.07, 6.45) is 2.90. The Kier molecular flexibility index (Phi) is 2.43. The quantitative estimate of drug-likeness (QED) is 0.659. The number of benzene rings is 1. The van der Waals surface area contributed by atoms with E-state index in [1.54, 1.807) is 6.08 Å². The molecule has 0 fully saturated rings. The molecule has 68 valence electrons. The van der Waals surface area contributed by atoms with Gasteiger partial charge in [-0.3, -0.25) is 0 Å². The minimum Gasteiger partial charge on any atom is -0.386 e. The van der Waals surface area contributed by atoms with Crippen molar-refractivity contribution >= 4 is 0 Å². The van der Waals surface area contributed by atoms with E-state index in [1.165, 1.54) is 0 Å². The Morgan fingerprint density at radius 3 is 2.69 bits per heavy atom. The summed E-state index contributed by atoms with van der Waals surface area (Å²) in [6.45, 7) is 0.580. The van der Waals surface area contributed by atoms with Crippen molar-refractivity contribution < 1.29 is 9.84 Å². The molecule has 0 spiro atoms. The topological polar surface area (TPSA) is 29.5 Å². The summed E-state index contributed by atoms with van der Waals surface area (Å²) < 4.78 is 5.44. The first-order valence-corrected chi connectivity index (χ1v) is 4.39. The molecule has 0 saturated heterocycles. The molecule has 13 heavy (non-hydrogen) atoms.